The molecule has 1 aliphatic rings. The Kier molecular flexibility index (Phi) is 6.54. The molecule has 1 aromatic heterocycles. The lowest BCUT2D eigenvalue weighted by Crippen LogP contribution is -2.19. The molecule has 2 heterocycles. The van der Waals surface area contributed by atoms with Crippen molar-refractivity contribution in [3.05, 3.63) is 86.0 Å². The van der Waals surface area contributed by atoms with E-state index in [1.165, 1.54) is 6.07 Å². The number of nitro benzene ring substituents is 1. The van der Waals surface area contributed by atoms with Crippen molar-refractivity contribution in [3.63, 3.8) is 0 Å². The van der Waals surface area contributed by atoms with E-state index in [4.69, 9.17) is 11.6 Å². The number of hydrogen-bond acceptors (Lipinski definition) is 8. The third-order valence-electron chi connectivity index (χ3n) is 4.26. The maximum atomic E-state index is 12.4. The number of carbonyl (C=O) groups excluding carboxylic acids is 1. The van der Waals surface area contributed by atoms with Crippen molar-refractivity contribution in [2.75, 3.05) is 0 Å². The number of aryl methyl sites for hydroxylation is 1. The maximum Gasteiger partial charge on any atom is 0.283 e. The molecule has 2 aromatic carbocycles. The Balaban J connectivity index is 1.60. The minimum absolute atomic E-state index is 0.0938. The van der Waals surface area contributed by atoms with Gasteiger partial charge in [-0.15, -0.1) is 0 Å². The third-order valence-corrected chi connectivity index (χ3v) is 6.37. The van der Waals surface area contributed by atoms with Crippen LogP contribution in [-0.2, 0) is 4.79 Å². The molecule has 32 heavy (non-hydrogen) atoms. The van der Waals surface area contributed by atoms with E-state index in [-0.39, 0.29) is 11.6 Å². The molecule has 0 saturated carbocycles. The van der Waals surface area contributed by atoms with Crippen LogP contribution in [0.3, 0.4) is 0 Å². The van der Waals surface area contributed by atoms with E-state index < -0.39 is 4.92 Å². The molecule has 1 saturated heterocycles. The summed E-state index contributed by atoms with van der Waals surface area (Å²) in [6.45, 7) is 1.90. The van der Waals surface area contributed by atoms with Crippen LogP contribution in [0, 0.1) is 17.0 Å². The van der Waals surface area contributed by atoms with Gasteiger partial charge in [0.2, 0.25) is 0 Å². The number of rotatable bonds is 5. The molecular formula is C21H14ClN5O3S2. The molecule has 11 heteroatoms. The van der Waals surface area contributed by atoms with Gasteiger partial charge in [0.25, 0.3) is 11.6 Å². The molecule has 1 fully saturated rings. The fraction of sp³-hybridized carbons (Fsp3) is 0.0476. The highest BCUT2D eigenvalue weighted by Crippen LogP contribution is 2.35. The van der Waals surface area contributed by atoms with Crippen LogP contribution in [0.15, 0.2) is 74.8 Å². The standard InChI is InChI=1S/C21H14ClN5O3S2/c1-12-3-5-14(22)11-15(12)25-21-26-19(28)18(32-21)10-13-4-6-17(16(9-13)27(29)30)31-20-23-7-2-8-24-20/h2-11H,1H3,(H,25,26,28). The molecule has 0 spiro atoms. The molecule has 1 amide bonds. The lowest BCUT2D eigenvalue weighted by molar-refractivity contribution is -0.387. The van der Waals surface area contributed by atoms with E-state index in [2.05, 4.69) is 20.3 Å². The van der Waals surface area contributed by atoms with Gasteiger partial charge in [-0.25, -0.2) is 15.0 Å². The van der Waals surface area contributed by atoms with E-state index in [0.29, 0.717) is 36.4 Å². The van der Waals surface area contributed by atoms with E-state index in [9.17, 15) is 14.9 Å². The Morgan fingerprint density at radius 2 is 2.00 bits per heavy atom. The Morgan fingerprint density at radius 3 is 2.75 bits per heavy atom. The minimum atomic E-state index is -0.468. The molecule has 3 aromatic rings. The fourth-order valence-electron chi connectivity index (χ4n) is 2.73. The van der Waals surface area contributed by atoms with Crippen molar-refractivity contribution in [2.45, 2.75) is 17.0 Å². The zero-order valence-corrected chi connectivity index (χ0v) is 18.9. The average molecular weight is 484 g/mol. The van der Waals surface area contributed by atoms with Gasteiger partial charge >= 0.3 is 0 Å². The molecule has 0 bridgehead atoms. The average Bonchev–Trinajstić information content (AvgIpc) is 3.11. The summed E-state index contributed by atoms with van der Waals surface area (Å²) >= 11 is 8.29. The summed E-state index contributed by atoms with van der Waals surface area (Å²) in [7, 11) is 0. The first-order valence-corrected chi connectivity index (χ1v) is 11.2. The lowest BCUT2D eigenvalue weighted by atomic mass is 10.2. The van der Waals surface area contributed by atoms with Gasteiger partial charge in [-0.1, -0.05) is 23.7 Å². The topological polar surface area (TPSA) is 110 Å². The predicted octanol–water partition coefficient (Wildman–Crippen LogP) is 5.39. The maximum absolute atomic E-state index is 12.4. The van der Waals surface area contributed by atoms with E-state index >= 15 is 0 Å². The molecule has 0 radical (unpaired) electrons. The number of benzene rings is 2. The summed E-state index contributed by atoms with van der Waals surface area (Å²) in [5.74, 6) is -0.327. The zero-order chi connectivity index (χ0) is 22.7. The number of aromatic nitrogens is 2. The second-order valence-electron chi connectivity index (χ2n) is 6.53. The van der Waals surface area contributed by atoms with Crippen LogP contribution in [0.25, 0.3) is 6.08 Å². The first-order chi connectivity index (χ1) is 15.4. The van der Waals surface area contributed by atoms with E-state index in [1.807, 2.05) is 13.0 Å². The second-order valence-corrected chi connectivity index (χ2v) is 9.01. The van der Waals surface area contributed by atoms with Crippen molar-refractivity contribution in [1.82, 2.24) is 15.3 Å². The van der Waals surface area contributed by atoms with Crippen LogP contribution in [0.1, 0.15) is 11.1 Å². The SMILES string of the molecule is Cc1ccc(Cl)cc1N=C1NC(=O)C(=Cc2ccc(Sc3ncccn3)c([N+](=O)[O-])c2)S1. The Labute approximate surface area is 196 Å². The molecule has 8 nitrogen and oxygen atoms in total. The van der Waals surface area contributed by atoms with Crippen molar-refractivity contribution in [2.24, 2.45) is 4.99 Å². The van der Waals surface area contributed by atoms with Crippen LogP contribution in [0.4, 0.5) is 11.4 Å². The number of nitrogens with one attached hydrogen (secondary N) is 1. The Hall–Kier alpha value is -3.21. The number of nitrogens with zero attached hydrogens (tertiary/aromatic N) is 4. The summed E-state index contributed by atoms with van der Waals surface area (Å²) in [6.07, 6.45) is 4.73. The van der Waals surface area contributed by atoms with Crippen LogP contribution in [0.5, 0.6) is 0 Å². The summed E-state index contributed by atoms with van der Waals surface area (Å²) in [5, 5.41) is 15.7. The van der Waals surface area contributed by atoms with Crippen LogP contribution in [0.2, 0.25) is 5.02 Å². The van der Waals surface area contributed by atoms with E-state index in [1.54, 1.807) is 48.8 Å². The lowest BCUT2D eigenvalue weighted by Gasteiger charge is -2.03. The number of halogens is 1. The summed E-state index contributed by atoms with van der Waals surface area (Å²) < 4.78 is 0. The van der Waals surface area contributed by atoms with Gasteiger partial charge in [0.1, 0.15) is 0 Å². The van der Waals surface area contributed by atoms with Crippen LogP contribution in [-0.4, -0.2) is 26.0 Å². The van der Waals surface area contributed by atoms with Crippen LogP contribution >= 0.6 is 35.1 Å². The first-order valence-electron chi connectivity index (χ1n) is 9.18. The number of aliphatic imine (C=N–C) groups is 1. The smallest absolute Gasteiger partial charge is 0.283 e. The van der Waals surface area contributed by atoms with Crippen molar-refractivity contribution in [1.29, 1.82) is 0 Å². The normalized spacial score (nSPS) is 15.9. The highest BCUT2D eigenvalue weighted by molar-refractivity contribution is 8.18. The quantitative estimate of drug-likeness (QED) is 0.224. The molecule has 0 atom stereocenters. The number of amidine groups is 1. The van der Waals surface area contributed by atoms with Gasteiger partial charge in [0.15, 0.2) is 10.3 Å². The number of amides is 1. The number of hydrogen-bond donors (Lipinski definition) is 1. The first kappa shape index (κ1) is 22.0. The molecule has 1 N–H and O–H groups in total. The van der Waals surface area contributed by atoms with Crippen molar-refractivity contribution < 1.29 is 9.72 Å². The summed E-state index contributed by atoms with van der Waals surface area (Å²) in [4.78, 5) is 36.9. The van der Waals surface area contributed by atoms with Gasteiger partial charge < -0.3 is 5.32 Å². The van der Waals surface area contributed by atoms with Gasteiger partial charge in [-0.05, 0) is 71.9 Å². The molecule has 4 rings (SSSR count). The van der Waals surface area contributed by atoms with Crippen LogP contribution < -0.4 is 5.32 Å². The fourth-order valence-corrected chi connectivity index (χ4v) is 4.53. The van der Waals surface area contributed by atoms with Crippen molar-refractivity contribution >= 4 is 63.7 Å². The van der Waals surface area contributed by atoms with Gasteiger partial charge in [-0.2, -0.15) is 0 Å². The molecule has 1 aliphatic heterocycles. The molecular weight excluding hydrogens is 470 g/mol. The van der Waals surface area contributed by atoms with E-state index in [0.717, 1.165) is 29.1 Å². The Morgan fingerprint density at radius 1 is 1.22 bits per heavy atom. The largest absolute Gasteiger partial charge is 0.300 e. The third kappa shape index (κ3) is 5.16. The summed E-state index contributed by atoms with van der Waals surface area (Å²) in [5.41, 5.74) is 2.00. The molecule has 0 unspecified atom stereocenters. The summed E-state index contributed by atoms with van der Waals surface area (Å²) in [6, 6.07) is 11.7. The number of thioether (sulfide) groups is 1. The zero-order valence-electron chi connectivity index (χ0n) is 16.5. The molecule has 0 aliphatic carbocycles. The molecule has 160 valence electrons. The van der Waals surface area contributed by atoms with Gasteiger partial charge in [0.05, 0.1) is 20.4 Å². The monoisotopic (exact) mass is 483 g/mol. The minimum Gasteiger partial charge on any atom is -0.300 e. The number of nitro groups is 1. The highest BCUT2D eigenvalue weighted by atomic mass is 35.5. The van der Waals surface area contributed by atoms with Crippen molar-refractivity contribution in [3.8, 4) is 0 Å². The predicted molar refractivity (Wildman–Crippen MR) is 126 cm³/mol. The van der Waals surface area contributed by atoms with Gasteiger partial charge in [-0.3, -0.25) is 14.9 Å². The van der Waals surface area contributed by atoms with Gasteiger partial charge in [0, 0.05) is 23.5 Å². The Bertz CT molecular complexity index is 1280. The highest BCUT2D eigenvalue weighted by Gasteiger charge is 2.25. The number of carbonyl (C=O) groups is 1. The second kappa shape index (κ2) is 9.51.